The van der Waals surface area contributed by atoms with Gasteiger partial charge in [0.25, 0.3) is 5.91 Å². The number of nitrogens with one attached hydrogen (secondary N) is 2. The minimum Gasteiger partial charge on any atom is -0.484 e. The number of carbonyl (C=O) groups is 1. The highest BCUT2D eigenvalue weighted by Crippen LogP contribution is 2.20. The average molecular weight is 334 g/mol. The van der Waals surface area contributed by atoms with Crippen molar-refractivity contribution in [3.63, 3.8) is 0 Å². The number of aromatic amines is 1. The largest absolute Gasteiger partial charge is 0.484 e. The standard InChI is InChI=1S/C19H14N2O4/c22-18(21-14-3-5-16-13(9-14)7-8-20-16)11-24-15-4-1-12-2-6-19(23)25-17(12)10-15/h1-10,20H,11H2,(H,21,22). The molecule has 0 aliphatic carbocycles. The molecular weight excluding hydrogens is 320 g/mol. The molecule has 0 saturated carbocycles. The first-order chi connectivity index (χ1) is 12.2. The zero-order chi connectivity index (χ0) is 17.2. The number of rotatable bonds is 4. The fourth-order valence-electron chi connectivity index (χ4n) is 2.61. The molecule has 2 aromatic heterocycles. The van der Waals surface area contributed by atoms with Gasteiger partial charge in [0, 0.05) is 40.3 Å². The molecule has 1 amide bonds. The first-order valence-corrected chi connectivity index (χ1v) is 7.71. The van der Waals surface area contributed by atoms with Gasteiger partial charge in [0.15, 0.2) is 6.61 Å². The second-order valence-corrected chi connectivity index (χ2v) is 5.57. The van der Waals surface area contributed by atoms with Gasteiger partial charge in [0.2, 0.25) is 0 Å². The van der Waals surface area contributed by atoms with Crippen molar-refractivity contribution in [3.8, 4) is 5.75 Å². The summed E-state index contributed by atoms with van der Waals surface area (Å²) in [6, 6.07) is 15.7. The molecule has 2 heterocycles. The van der Waals surface area contributed by atoms with Crippen LogP contribution < -0.4 is 15.7 Å². The maximum atomic E-state index is 12.1. The Morgan fingerprint density at radius 2 is 1.92 bits per heavy atom. The zero-order valence-corrected chi connectivity index (χ0v) is 13.1. The van der Waals surface area contributed by atoms with E-state index in [4.69, 9.17) is 9.15 Å². The quantitative estimate of drug-likeness (QED) is 0.561. The summed E-state index contributed by atoms with van der Waals surface area (Å²) in [7, 11) is 0. The fraction of sp³-hybridized carbons (Fsp3) is 0.0526. The van der Waals surface area contributed by atoms with Gasteiger partial charge in [-0.15, -0.1) is 0 Å². The number of aromatic nitrogens is 1. The minimum absolute atomic E-state index is 0.145. The van der Waals surface area contributed by atoms with Gasteiger partial charge in [-0.25, -0.2) is 4.79 Å². The molecule has 0 fully saturated rings. The van der Waals surface area contributed by atoms with Gasteiger partial charge in [0.05, 0.1) is 0 Å². The van der Waals surface area contributed by atoms with Crippen LogP contribution in [0.15, 0.2) is 70.0 Å². The van der Waals surface area contributed by atoms with Gasteiger partial charge in [-0.3, -0.25) is 4.79 Å². The number of hydrogen-bond acceptors (Lipinski definition) is 4. The highest BCUT2D eigenvalue weighted by atomic mass is 16.5. The number of benzene rings is 2. The molecule has 25 heavy (non-hydrogen) atoms. The van der Waals surface area contributed by atoms with Crippen LogP contribution in [0.5, 0.6) is 5.75 Å². The predicted molar refractivity (Wildman–Crippen MR) is 94.9 cm³/mol. The maximum absolute atomic E-state index is 12.1. The molecule has 124 valence electrons. The summed E-state index contributed by atoms with van der Waals surface area (Å²) in [6.45, 7) is -0.145. The van der Waals surface area contributed by atoms with E-state index in [9.17, 15) is 9.59 Å². The Balaban J connectivity index is 1.43. The summed E-state index contributed by atoms with van der Waals surface area (Å²) in [5, 5.41) is 4.59. The van der Waals surface area contributed by atoms with Crippen LogP contribution in [0.1, 0.15) is 0 Å². The maximum Gasteiger partial charge on any atom is 0.336 e. The smallest absolute Gasteiger partial charge is 0.336 e. The molecule has 0 spiro atoms. The summed E-state index contributed by atoms with van der Waals surface area (Å²) in [5.41, 5.74) is 1.70. The van der Waals surface area contributed by atoms with Gasteiger partial charge in [0.1, 0.15) is 11.3 Å². The third-order valence-corrected chi connectivity index (χ3v) is 3.80. The lowest BCUT2D eigenvalue weighted by atomic mass is 10.2. The van der Waals surface area contributed by atoms with E-state index in [-0.39, 0.29) is 12.5 Å². The summed E-state index contributed by atoms with van der Waals surface area (Å²) in [6.07, 6.45) is 1.84. The van der Waals surface area contributed by atoms with E-state index in [0.717, 1.165) is 16.3 Å². The summed E-state index contributed by atoms with van der Waals surface area (Å²) >= 11 is 0. The predicted octanol–water partition coefficient (Wildman–Crippen LogP) is 3.29. The van der Waals surface area contributed by atoms with E-state index in [2.05, 4.69) is 10.3 Å². The van der Waals surface area contributed by atoms with Crippen molar-refractivity contribution < 1.29 is 13.9 Å². The Bertz CT molecular complexity index is 1130. The molecule has 0 bridgehead atoms. The molecule has 6 nitrogen and oxygen atoms in total. The molecule has 2 N–H and O–H groups in total. The molecule has 0 radical (unpaired) electrons. The van der Waals surface area contributed by atoms with Gasteiger partial charge in [-0.05, 0) is 42.5 Å². The number of carbonyl (C=O) groups excluding carboxylic acids is 1. The van der Waals surface area contributed by atoms with Crippen LogP contribution in [0.4, 0.5) is 5.69 Å². The average Bonchev–Trinajstić information content (AvgIpc) is 3.07. The summed E-state index contributed by atoms with van der Waals surface area (Å²) in [5.74, 6) is 0.183. The highest BCUT2D eigenvalue weighted by Gasteiger charge is 2.06. The van der Waals surface area contributed by atoms with E-state index >= 15 is 0 Å². The van der Waals surface area contributed by atoms with Crippen LogP contribution in [-0.4, -0.2) is 17.5 Å². The Morgan fingerprint density at radius 3 is 2.84 bits per heavy atom. The van der Waals surface area contributed by atoms with Crippen LogP contribution in [0, 0.1) is 0 Å². The van der Waals surface area contributed by atoms with Crippen molar-refractivity contribution in [2.24, 2.45) is 0 Å². The second-order valence-electron chi connectivity index (χ2n) is 5.57. The minimum atomic E-state index is -0.428. The topological polar surface area (TPSA) is 84.3 Å². The molecule has 2 aromatic carbocycles. The van der Waals surface area contributed by atoms with E-state index < -0.39 is 5.63 Å². The van der Waals surface area contributed by atoms with E-state index in [1.807, 2.05) is 30.5 Å². The first kappa shape index (κ1) is 15.0. The van der Waals surface area contributed by atoms with Crippen molar-refractivity contribution >= 4 is 33.5 Å². The van der Waals surface area contributed by atoms with Crippen molar-refractivity contribution in [2.75, 3.05) is 11.9 Å². The normalized spacial score (nSPS) is 10.9. The molecule has 0 atom stereocenters. The first-order valence-electron chi connectivity index (χ1n) is 7.71. The molecule has 4 aromatic rings. The molecule has 0 saturated heterocycles. The van der Waals surface area contributed by atoms with Crippen LogP contribution in [-0.2, 0) is 4.79 Å². The van der Waals surface area contributed by atoms with Crippen LogP contribution in [0.3, 0.4) is 0 Å². The van der Waals surface area contributed by atoms with Gasteiger partial charge >= 0.3 is 5.63 Å². The van der Waals surface area contributed by atoms with Gasteiger partial charge in [-0.2, -0.15) is 0 Å². The number of H-pyrrole nitrogens is 1. The second kappa shape index (κ2) is 6.16. The number of hydrogen-bond donors (Lipinski definition) is 2. The van der Waals surface area contributed by atoms with Gasteiger partial charge in [-0.1, -0.05) is 0 Å². The van der Waals surface area contributed by atoms with Crippen LogP contribution in [0.2, 0.25) is 0 Å². The van der Waals surface area contributed by atoms with Gasteiger partial charge < -0.3 is 19.5 Å². The monoisotopic (exact) mass is 334 g/mol. The number of fused-ring (bicyclic) bond motifs is 2. The lowest BCUT2D eigenvalue weighted by Gasteiger charge is -2.08. The lowest BCUT2D eigenvalue weighted by molar-refractivity contribution is -0.118. The molecule has 4 rings (SSSR count). The highest BCUT2D eigenvalue weighted by molar-refractivity contribution is 5.94. The SMILES string of the molecule is O=C(COc1ccc2ccc(=O)oc2c1)Nc1ccc2[nH]ccc2c1. The zero-order valence-electron chi connectivity index (χ0n) is 13.1. The molecule has 0 aliphatic rings. The lowest BCUT2D eigenvalue weighted by Crippen LogP contribution is -2.20. The van der Waals surface area contributed by atoms with E-state index in [1.54, 1.807) is 24.3 Å². The molecule has 0 aliphatic heterocycles. The fourth-order valence-corrected chi connectivity index (χ4v) is 2.61. The summed E-state index contributed by atoms with van der Waals surface area (Å²) in [4.78, 5) is 26.4. The molecule has 6 heteroatoms. The Kier molecular flexibility index (Phi) is 3.70. The third kappa shape index (κ3) is 3.23. The Hall–Kier alpha value is -3.54. The number of anilines is 1. The number of ether oxygens (including phenoxy) is 1. The van der Waals surface area contributed by atoms with Crippen molar-refractivity contribution in [1.29, 1.82) is 0 Å². The van der Waals surface area contributed by atoms with E-state index in [0.29, 0.717) is 17.0 Å². The Morgan fingerprint density at radius 1 is 1.04 bits per heavy atom. The number of amides is 1. The molecule has 0 unspecified atom stereocenters. The van der Waals surface area contributed by atoms with Crippen molar-refractivity contribution in [1.82, 2.24) is 4.98 Å². The summed E-state index contributed by atoms with van der Waals surface area (Å²) < 4.78 is 10.6. The van der Waals surface area contributed by atoms with Crippen molar-refractivity contribution in [3.05, 3.63) is 71.2 Å². The van der Waals surface area contributed by atoms with Crippen LogP contribution in [0.25, 0.3) is 21.9 Å². The Labute approximate surface area is 142 Å². The van der Waals surface area contributed by atoms with Crippen molar-refractivity contribution in [2.45, 2.75) is 0 Å². The van der Waals surface area contributed by atoms with Crippen LogP contribution >= 0.6 is 0 Å². The molecular formula is C19H14N2O4. The van der Waals surface area contributed by atoms with E-state index in [1.165, 1.54) is 6.07 Å². The third-order valence-electron chi connectivity index (χ3n) is 3.80.